The number of rotatable bonds is 6. The minimum atomic E-state index is -0.0650. The highest BCUT2D eigenvalue weighted by atomic mass is 16.5. The zero-order valence-electron chi connectivity index (χ0n) is 10.9. The van der Waals surface area contributed by atoms with Crippen LogP contribution in [-0.4, -0.2) is 27.4 Å². The summed E-state index contributed by atoms with van der Waals surface area (Å²) in [5, 5.41) is 0. The largest absolute Gasteiger partial charge is 0.493 e. The SMILES string of the molecule is COc1ccc(C(N)CC(C)OC)cc1OC. The van der Waals surface area contributed by atoms with Crippen molar-refractivity contribution < 1.29 is 14.2 Å². The highest BCUT2D eigenvalue weighted by molar-refractivity contribution is 5.43. The molecule has 0 aliphatic heterocycles. The minimum Gasteiger partial charge on any atom is -0.493 e. The molecule has 1 aromatic carbocycles. The molecule has 1 aromatic rings. The molecule has 2 N–H and O–H groups in total. The summed E-state index contributed by atoms with van der Waals surface area (Å²) in [5.74, 6) is 1.41. The van der Waals surface area contributed by atoms with Gasteiger partial charge < -0.3 is 19.9 Å². The van der Waals surface area contributed by atoms with Crippen molar-refractivity contribution in [3.63, 3.8) is 0 Å². The molecule has 0 radical (unpaired) electrons. The normalized spacial score (nSPS) is 14.2. The number of ether oxygens (including phenoxy) is 3. The van der Waals surface area contributed by atoms with Crippen molar-refractivity contribution in [3.8, 4) is 11.5 Å². The lowest BCUT2D eigenvalue weighted by atomic mass is 10.0. The first-order chi connectivity index (χ1) is 8.12. The van der Waals surface area contributed by atoms with Crippen molar-refractivity contribution in [1.82, 2.24) is 0 Å². The summed E-state index contributed by atoms with van der Waals surface area (Å²) in [5.41, 5.74) is 7.13. The van der Waals surface area contributed by atoms with Crippen molar-refractivity contribution in [2.45, 2.75) is 25.5 Å². The van der Waals surface area contributed by atoms with E-state index in [9.17, 15) is 0 Å². The van der Waals surface area contributed by atoms with Crippen molar-refractivity contribution in [1.29, 1.82) is 0 Å². The van der Waals surface area contributed by atoms with E-state index in [1.807, 2.05) is 25.1 Å². The van der Waals surface area contributed by atoms with Crippen LogP contribution in [0.15, 0.2) is 18.2 Å². The number of nitrogens with two attached hydrogens (primary N) is 1. The van der Waals surface area contributed by atoms with Gasteiger partial charge in [-0.3, -0.25) is 0 Å². The fourth-order valence-corrected chi connectivity index (χ4v) is 1.67. The van der Waals surface area contributed by atoms with E-state index in [4.69, 9.17) is 19.9 Å². The molecule has 0 fully saturated rings. The predicted octanol–water partition coefficient (Wildman–Crippen LogP) is 2.13. The second-order valence-electron chi connectivity index (χ2n) is 4.00. The van der Waals surface area contributed by atoms with Crippen LogP contribution in [0.25, 0.3) is 0 Å². The van der Waals surface area contributed by atoms with Gasteiger partial charge in [0, 0.05) is 13.2 Å². The lowest BCUT2D eigenvalue weighted by molar-refractivity contribution is 0.104. The van der Waals surface area contributed by atoms with Crippen LogP contribution in [0.3, 0.4) is 0 Å². The number of hydrogen-bond donors (Lipinski definition) is 1. The second kappa shape index (κ2) is 6.47. The van der Waals surface area contributed by atoms with Crippen LogP contribution < -0.4 is 15.2 Å². The molecule has 4 nitrogen and oxygen atoms in total. The summed E-state index contributed by atoms with van der Waals surface area (Å²) in [4.78, 5) is 0. The Morgan fingerprint density at radius 2 is 1.76 bits per heavy atom. The van der Waals surface area contributed by atoms with E-state index < -0.39 is 0 Å². The van der Waals surface area contributed by atoms with Crippen LogP contribution in [0.2, 0.25) is 0 Å². The lowest BCUT2D eigenvalue weighted by Gasteiger charge is -2.18. The van der Waals surface area contributed by atoms with Crippen LogP contribution in [0.5, 0.6) is 11.5 Å². The van der Waals surface area contributed by atoms with E-state index in [1.54, 1.807) is 21.3 Å². The third kappa shape index (κ3) is 3.61. The highest BCUT2D eigenvalue weighted by Crippen LogP contribution is 2.30. The fourth-order valence-electron chi connectivity index (χ4n) is 1.67. The first-order valence-corrected chi connectivity index (χ1v) is 5.62. The van der Waals surface area contributed by atoms with Gasteiger partial charge in [-0.25, -0.2) is 0 Å². The van der Waals surface area contributed by atoms with Crippen LogP contribution in [0.4, 0.5) is 0 Å². The van der Waals surface area contributed by atoms with Crippen molar-refractivity contribution in [3.05, 3.63) is 23.8 Å². The van der Waals surface area contributed by atoms with E-state index in [0.29, 0.717) is 11.5 Å². The van der Waals surface area contributed by atoms with Crippen LogP contribution >= 0.6 is 0 Å². The Bertz CT molecular complexity index is 355. The molecular weight excluding hydrogens is 218 g/mol. The first-order valence-electron chi connectivity index (χ1n) is 5.62. The summed E-state index contributed by atoms with van der Waals surface area (Å²) in [6.07, 6.45) is 0.907. The molecule has 0 saturated heterocycles. The quantitative estimate of drug-likeness (QED) is 0.826. The molecule has 0 amide bonds. The lowest BCUT2D eigenvalue weighted by Crippen LogP contribution is -2.18. The minimum absolute atomic E-state index is 0.0650. The van der Waals surface area contributed by atoms with Crippen LogP contribution in [0, 0.1) is 0 Å². The van der Waals surface area contributed by atoms with Crippen molar-refractivity contribution in [2.24, 2.45) is 5.73 Å². The standard InChI is InChI=1S/C13H21NO3/c1-9(15-2)7-11(14)10-5-6-12(16-3)13(8-10)17-4/h5-6,8-9,11H,7,14H2,1-4H3. The molecule has 4 heteroatoms. The topological polar surface area (TPSA) is 53.7 Å². The maximum atomic E-state index is 6.11. The number of hydrogen-bond acceptors (Lipinski definition) is 4. The predicted molar refractivity (Wildman–Crippen MR) is 67.6 cm³/mol. The zero-order chi connectivity index (χ0) is 12.8. The summed E-state index contributed by atoms with van der Waals surface area (Å²) >= 11 is 0. The third-order valence-corrected chi connectivity index (χ3v) is 2.82. The van der Waals surface area contributed by atoms with Gasteiger partial charge in [-0.15, -0.1) is 0 Å². The molecule has 2 unspecified atom stereocenters. The van der Waals surface area contributed by atoms with E-state index >= 15 is 0 Å². The van der Waals surface area contributed by atoms with Gasteiger partial charge in [0.25, 0.3) is 0 Å². The zero-order valence-corrected chi connectivity index (χ0v) is 10.9. The van der Waals surface area contributed by atoms with Gasteiger partial charge in [-0.2, -0.15) is 0 Å². The van der Waals surface area contributed by atoms with Crippen molar-refractivity contribution >= 4 is 0 Å². The van der Waals surface area contributed by atoms with Crippen LogP contribution in [-0.2, 0) is 4.74 Å². The Labute approximate surface area is 103 Å². The van der Waals surface area contributed by atoms with E-state index in [1.165, 1.54) is 0 Å². The van der Waals surface area contributed by atoms with Gasteiger partial charge in [-0.05, 0) is 31.0 Å². The van der Waals surface area contributed by atoms with Gasteiger partial charge in [0.15, 0.2) is 11.5 Å². The summed E-state index contributed by atoms with van der Waals surface area (Å²) in [6, 6.07) is 5.66. The average Bonchev–Trinajstić information content (AvgIpc) is 2.37. The maximum absolute atomic E-state index is 6.11. The fraction of sp³-hybridized carbons (Fsp3) is 0.538. The average molecular weight is 239 g/mol. The third-order valence-electron chi connectivity index (χ3n) is 2.82. The Kier molecular flexibility index (Phi) is 5.25. The van der Waals surface area contributed by atoms with Gasteiger partial charge in [0.2, 0.25) is 0 Å². The Morgan fingerprint density at radius 1 is 1.12 bits per heavy atom. The first kappa shape index (κ1) is 13.8. The molecule has 0 aliphatic carbocycles. The summed E-state index contributed by atoms with van der Waals surface area (Å²) in [7, 11) is 4.92. The van der Waals surface area contributed by atoms with Gasteiger partial charge >= 0.3 is 0 Å². The molecule has 0 aliphatic rings. The second-order valence-corrected chi connectivity index (χ2v) is 4.00. The maximum Gasteiger partial charge on any atom is 0.161 e. The highest BCUT2D eigenvalue weighted by Gasteiger charge is 2.13. The molecule has 1 rings (SSSR count). The molecule has 96 valence electrons. The Morgan fingerprint density at radius 3 is 2.29 bits per heavy atom. The Balaban J connectivity index is 2.84. The summed E-state index contributed by atoms with van der Waals surface area (Å²) in [6.45, 7) is 2.00. The number of methoxy groups -OCH3 is 3. The molecule has 17 heavy (non-hydrogen) atoms. The summed E-state index contributed by atoms with van der Waals surface area (Å²) < 4.78 is 15.6. The van der Waals surface area contributed by atoms with E-state index in [0.717, 1.165) is 12.0 Å². The Hall–Kier alpha value is -1.26. The number of benzene rings is 1. The van der Waals surface area contributed by atoms with E-state index in [2.05, 4.69) is 0 Å². The molecule has 0 saturated carbocycles. The molecule has 0 bridgehead atoms. The molecular formula is C13H21NO3. The molecule has 0 heterocycles. The van der Waals surface area contributed by atoms with Crippen molar-refractivity contribution in [2.75, 3.05) is 21.3 Å². The molecule has 0 aromatic heterocycles. The van der Waals surface area contributed by atoms with E-state index in [-0.39, 0.29) is 12.1 Å². The van der Waals surface area contributed by atoms with Gasteiger partial charge in [0.1, 0.15) is 0 Å². The molecule has 2 atom stereocenters. The smallest absolute Gasteiger partial charge is 0.161 e. The van der Waals surface area contributed by atoms with Crippen LogP contribution in [0.1, 0.15) is 24.9 Å². The molecule has 0 spiro atoms. The van der Waals surface area contributed by atoms with Gasteiger partial charge in [-0.1, -0.05) is 6.07 Å². The van der Waals surface area contributed by atoms with Gasteiger partial charge in [0.05, 0.1) is 20.3 Å². The monoisotopic (exact) mass is 239 g/mol.